The average Bonchev–Trinajstić information content (AvgIpc) is 2.63. The van der Waals surface area contributed by atoms with E-state index in [1.54, 1.807) is 12.4 Å². The number of aromatic nitrogens is 3. The Kier molecular flexibility index (Phi) is 5.76. The molecule has 0 unspecified atom stereocenters. The van der Waals surface area contributed by atoms with Crippen molar-refractivity contribution < 1.29 is 9.84 Å². The van der Waals surface area contributed by atoms with Gasteiger partial charge in [-0.05, 0) is 30.3 Å². The van der Waals surface area contributed by atoms with E-state index in [9.17, 15) is 0 Å². The fourth-order valence-electron chi connectivity index (χ4n) is 2.28. The maximum atomic E-state index is 8.79. The molecule has 7 heteroatoms. The molecule has 0 saturated carbocycles. The molecule has 0 aliphatic carbocycles. The molecule has 3 aromatic rings. The van der Waals surface area contributed by atoms with Gasteiger partial charge in [-0.15, -0.1) is 0 Å². The molecule has 2 N–H and O–H groups in total. The second-order valence-corrected chi connectivity index (χ2v) is 5.80. The summed E-state index contributed by atoms with van der Waals surface area (Å²) in [5.41, 5.74) is 3.38. The van der Waals surface area contributed by atoms with Crippen LogP contribution in [0.5, 0.6) is 5.75 Å². The highest BCUT2D eigenvalue weighted by Gasteiger charge is 2.09. The van der Waals surface area contributed by atoms with E-state index < -0.39 is 0 Å². The van der Waals surface area contributed by atoms with Gasteiger partial charge in [0.15, 0.2) is 5.82 Å². The van der Waals surface area contributed by atoms with Crippen LogP contribution in [0.15, 0.2) is 42.7 Å². The molecule has 0 radical (unpaired) electrons. The summed E-state index contributed by atoms with van der Waals surface area (Å²) in [5, 5.41) is 12.0. The lowest BCUT2D eigenvalue weighted by molar-refractivity contribution is 0.233. The Morgan fingerprint density at radius 1 is 1.12 bits per heavy atom. The van der Waals surface area contributed by atoms with Crippen LogP contribution in [0.3, 0.4) is 0 Å². The summed E-state index contributed by atoms with van der Waals surface area (Å²) in [6, 6.07) is 9.67. The lowest BCUT2D eigenvalue weighted by Crippen LogP contribution is -2.01. The largest absolute Gasteiger partial charge is 0.494 e. The van der Waals surface area contributed by atoms with Gasteiger partial charge in [0.2, 0.25) is 0 Å². The highest BCUT2D eigenvalue weighted by atomic mass is 127. The smallest absolute Gasteiger partial charge is 0.155 e. The SMILES string of the molecule is OCCCOc1ccc(-c2cc3nccnc3c(NCI)n2)cc1. The van der Waals surface area contributed by atoms with Gasteiger partial charge in [-0.3, -0.25) is 4.98 Å². The number of nitrogens with one attached hydrogen (secondary N) is 1. The molecule has 0 atom stereocenters. The Morgan fingerprint density at radius 2 is 1.92 bits per heavy atom. The van der Waals surface area contributed by atoms with Crippen molar-refractivity contribution in [3.05, 3.63) is 42.7 Å². The minimum absolute atomic E-state index is 0.132. The van der Waals surface area contributed by atoms with E-state index in [-0.39, 0.29) is 6.61 Å². The molecule has 0 amide bonds. The van der Waals surface area contributed by atoms with Gasteiger partial charge >= 0.3 is 0 Å². The van der Waals surface area contributed by atoms with Crippen molar-refractivity contribution in [1.82, 2.24) is 15.0 Å². The standard InChI is InChI=1S/C17H17IN4O2/c18-11-21-17-16-15(19-6-7-20-16)10-14(22-17)12-2-4-13(5-3-12)24-9-1-8-23/h2-7,10,23H,1,8-9,11H2,(H,21,22). The van der Waals surface area contributed by atoms with E-state index in [1.807, 2.05) is 30.3 Å². The maximum Gasteiger partial charge on any atom is 0.155 e. The van der Waals surface area contributed by atoms with Gasteiger partial charge < -0.3 is 15.2 Å². The Bertz CT molecular complexity index is 811. The molecule has 0 aliphatic rings. The third-order valence-electron chi connectivity index (χ3n) is 3.41. The number of aliphatic hydroxyl groups is 1. The first kappa shape index (κ1) is 16.8. The van der Waals surface area contributed by atoms with Crippen LogP contribution >= 0.6 is 22.6 Å². The van der Waals surface area contributed by atoms with Crippen LogP contribution in [0.4, 0.5) is 5.82 Å². The molecule has 0 fully saturated rings. The Labute approximate surface area is 153 Å². The van der Waals surface area contributed by atoms with Crippen LogP contribution in [-0.2, 0) is 0 Å². The molecule has 2 aromatic heterocycles. The molecule has 3 rings (SSSR count). The number of hydrogen-bond acceptors (Lipinski definition) is 6. The first-order valence-electron chi connectivity index (χ1n) is 7.57. The number of alkyl halides is 1. The molecule has 2 heterocycles. The zero-order valence-corrected chi connectivity index (χ0v) is 15.1. The van der Waals surface area contributed by atoms with Gasteiger partial charge in [0, 0.05) is 31.0 Å². The van der Waals surface area contributed by atoms with Gasteiger partial charge in [-0.2, -0.15) is 0 Å². The van der Waals surface area contributed by atoms with Crippen LogP contribution in [-0.4, -0.2) is 37.8 Å². The number of benzene rings is 1. The van der Waals surface area contributed by atoms with Gasteiger partial charge in [0.05, 0.1) is 22.4 Å². The molecular weight excluding hydrogens is 419 g/mol. The second-order valence-electron chi connectivity index (χ2n) is 5.04. The van der Waals surface area contributed by atoms with E-state index in [4.69, 9.17) is 9.84 Å². The van der Waals surface area contributed by atoms with Crippen molar-refractivity contribution in [3.63, 3.8) is 0 Å². The van der Waals surface area contributed by atoms with Gasteiger partial charge in [0.25, 0.3) is 0 Å². The zero-order chi connectivity index (χ0) is 16.8. The highest BCUT2D eigenvalue weighted by Crippen LogP contribution is 2.26. The monoisotopic (exact) mass is 436 g/mol. The maximum absolute atomic E-state index is 8.79. The Hall–Kier alpha value is -2.00. The van der Waals surface area contributed by atoms with Crippen LogP contribution < -0.4 is 10.1 Å². The zero-order valence-electron chi connectivity index (χ0n) is 12.9. The average molecular weight is 436 g/mol. The van der Waals surface area contributed by atoms with Crippen molar-refractivity contribution in [1.29, 1.82) is 0 Å². The van der Waals surface area contributed by atoms with E-state index in [1.165, 1.54) is 0 Å². The summed E-state index contributed by atoms with van der Waals surface area (Å²) >= 11 is 2.24. The summed E-state index contributed by atoms with van der Waals surface area (Å²) in [6.45, 7) is 0.635. The van der Waals surface area contributed by atoms with Crippen molar-refractivity contribution in [3.8, 4) is 17.0 Å². The predicted molar refractivity (Wildman–Crippen MR) is 102 cm³/mol. The van der Waals surface area contributed by atoms with Gasteiger partial charge in [0.1, 0.15) is 11.3 Å². The van der Waals surface area contributed by atoms with Crippen LogP contribution in [0.2, 0.25) is 0 Å². The number of anilines is 1. The number of halogens is 1. The van der Waals surface area contributed by atoms with E-state index in [0.29, 0.717) is 13.0 Å². The summed E-state index contributed by atoms with van der Waals surface area (Å²) in [4.78, 5) is 13.4. The predicted octanol–water partition coefficient (Wildman–Crippen LogP) is 3.26. The van der Waals surface area contributed by atoms with Crippen molar-refractivity contribution in [2.24, 2.45) is 0 Å². The first-order valence-corrected chi connectivity index (χ1v) is 9.10. The topological polar surface area (TPSA) is 80.2 Å². The van der Waals surface area contributed by atoms with Crippen LogP contribution in [0, 0.1) is 0 Å². The van der Waals surface area contributed by atoms with E-state index >= 15 is 0 Å². The van der Waals surface area contributed by atoms with Crippen LogP contribution in [0.25, 0.3) is 22.3 Å². The molecule has 124 valence electrons. The first-order chi connectivity index (χ1) is 11.8. The van der Waals surface area contributed by atoms with Crippen LogP contribution in [0.1, 0.15) is 6.42 Å². The van der Waals surface area contributed by atoms with E-state index in [2.05, 4.69) is 42.9 Å². The summed E-state index contributed by atoms with van der Waals surface area (Å²) < 4.78 is 6.29. The summed E-state index contributed by atoms with van der Waals surface area (Å²) in [6.07, 6.45) is 3.97. The summed E-state index contributed by atoms with van der Waals surface area (Å²) in [7, 11) is 0. The van der Waals surface area contributed by atoms with Gasteiger partial charge in [-0.25, -0.2) is 9.97 Å². The number of ether oxygens (including phenoxy) is 1. The Morgan fingerprint density at radius 3 is 2.67 bits per heavy atom. The number of hydrogen-bond donors (Lipinski definition) is 2. The normalized spacial score (nSPS) is 10.8. The number of fused-ring (bicyclic) bond motifs is 1. The molecular formula is C17H17IN4O2. The molecule has 0 aliphatic heterocycles. The highest BCUT2D eigenvalue weighted by molar-refractivity contribution is 14.1. The number of aliphatic hydroxyl groups excluding tert-OH is 1. The molecule has 0 saturated heterocycles. The number of pyridine rings is 1. The van der Waals surface area contributed by atoms with Crippen molar-refractivity contribution in [2.45, 2.75) is 6.42 Å². The van der Waals surface area contributed by atoms with Gasteiger partial charge in [-0.1, -0.05) is 22.6 Å². The minimum Gasteiger partial charge on any atom is -0.494 e. The molecule has 6 nitrogen and oxygen atoms in total. The lowest BCUT2D eigenvalue weighted by atomic mass is 10.1. The quantitative estimate of drug-likeness (QED) is 0.256. The fraction of sp³-hybridized carbons (Fsp3) is 0.235. The number of rotatable bonds is 7. The van der Waals surface area contributed by atoms with E-state index in [0.717, 1.165) is 38.4 Å². The third-order valence-corrected chi connectivity index (χ3v) is 3.79. The van der Waals surface area contributed by atoms with Crippen molar-refractivity contribution in [2.75, 3.05) is 23.1 Å². The molecule has 0 spiro atoms. The molecule has 24 heavy (non-hydrogen) atoms. The third kappa shape index (κ3) is 3.90. The molecule has 1 aromatic carbocycles. The van der Waals surface area contributed by atoms with Crippen molar-refractivity contribution >= 4 is 39.4 Å². The fourth-order valence-corrected chi connectivity index (χ4v) is 2.64. The summed E-state index contributed by atoms with van der Waals surface area (Å²) in [5.74, 6) is 1.51. The minimum atomic E-state index is 0.132. The molecule has 0 bridgehead atoms. The Balaban J connectivity index is 1.91. The lowest BCUT2D eigenvalue weighted by Gasteiger charge is -2.10. The number of nitrogens with zero attached hydrogens (tertiary/aromatic N) is 3. The second kappa shape index (κ2) is 8.20.